The molecule has 1 aromatic rings. The van der Waals surface area contributed by atoms with Crippen LogP contribution in [0, 0.1) is 5.92 Å². The molecule has 0 unspecified atom stereocenters. The number of anilines is 1. The molecule has 0 amide bonds. The molecule has 0 radical (unpaired) electrons. The molecule has 25 heavy (non-hydrogen) atoms. The van der Waals surface area contributed by atoms with Gasteiger partial charge in [0.25, 0.3) is 0 Å². The third-order valence-corrected chi connectivity index (χ3v) is 4.53. The first-order valence-electron chi connectivity index (χ1n) is 7.84. The zero-order valence-electron chi connectivity index (χ0n) is 13.4. The Bertz CT molecular complexity index is 588. The van der Waals surface area contributed by atoms with Crippen LogP contribution < -0.4 is 10.6 Å². The molecule has 2 nitrogen and oxygen atoms in total. The van der Waals surface area contributed by atoms with Crippen molar-refractivity contribution in [2.75, 3.05) is 5.32 Å². The van der Waals surface area contributed by atoms with Gasteiger partial charge in [0, 0.05) is 11.7 Å². The van der Waals surface area contributed by atoms with Crippen LogP contribution in [0.5, 0.6) is 0 Å². The molecule has 0 bridgehead atoms. The lowest BCUT2D eigenvalue weighted by molar-refractivity contribution is -0.143. The summed E-state index contributed by atoms with van der Waals surface area (Å²) in [6.45, 7) is 1.90. The quantitative estimate of drug-likeness (QED) is 0.525. The van der Waals surface area contributed by atoms with Crippen LogP contribution in [0.4, 0.5) is 32.0 Å². The molecule has 1 aliphatic rings. The zero-order chi connectivity index (χ0) is 18.8. The first-order chi connectivity index (χ1) is 11.5. The van der Waals surface area contributed by atoms with Crippen LogP contribution in [0.1, 0.15) is 43.7 Å². The fourth-order valence-corrected chi connectivity index (χ4v) is 3.28. The maximum atomic E-state index is 12.8. The molecule has 140 valence electrons. The van der Waals surface area contributed by atoms with Crippen molar-refractivity contribution in [2.24, 2.45) is 5.92 Å². The van der Waals surface area contributed by atoms with E-state index in [1.165, 1.54) is 0 Å². The molecular weight excluding hydrogens is 366 g/mol. The molecule has 0 saturated heterocycles. The summed E-state index contributed by atoms with van der Waals surface area (Å²) in [6, 6.07) is 1.31. The molecule has 9 heteroatoms. The van der Waals surface area contributed by atoms with E-state index in [0.29, 0.717) is 18.1 Å². The molecule has 1 atom stereocenters. The first kappa shape index (κ1) is 19.8. The van der Waals surface area contributed by atoms with Gasteiger partial charge < -0.3 is 10.6 Å². The molecule has 2 N–H and O–H groups in total. The standard InChI is InChI=1S/C16H18F6N2S/c1-9(10-4-2-3-5-10)23-14(25)24-13-7-11(15(17,18)19)6-12(8-13)16(20,21)22/h6-10H,2-5H2,1H3,(H2,23,24,25)/t9-/m0/s1. The second kappa shape index (κ2) is 7.39. The molecule has 0 aromatic heterocycles. The topological polar surface area (TPSA) is 24.1 Å². The normalized spacial score (nSPS) is 17.4. The minimum absolute atomic E-state index is 0.00427. The molecule has 1 aromatic carbocycles. The minimum atomic E-state index is -4.89. The summed E-state index contributed by atoms with van der Waals surface area (Å²) in [4.78, 5) is 0. The van der Waals surface area contributed by atoms with Crippen molar-refractivity contribution in [1.29, 1.82) is 0 Å². The highest BCUT2D eigenvalue weighted by atomic mass is 32.1. The predicted octanol–water partition coefficient (Wildman–Crippen LogP) is 5.59. The van der Waals surface area contributed by atoms with Crippen molar-refractivity contribution in [1.82, 2.24) is 5.32 Å². The van der Waals surface area contributed by atoms with Gasteiger partial charge in [0.15, 0.2) is 5.11 Å². The van der Waals surface area contributed by atoms with Gasteiger partial charge in [-0.2, -0.15) is 26.3 Å². The van der Waals surface area contributed by atoms with Gasteiger partial charge in [0.1, 0.15) is 0 Å². The smallest absolute Gasteiger partial charge is 0.360 e. The zero-order valence-corrected chi connectivity index (χ0v) is 14.2. The van der Waals surface area contributed by atoms with Gasteiger partial charge in [0.05, 0.1) is 11.1 Å². The summed E-state index contributed by atoms with van der Waals surface area (Å²) in [5, 5.41) is 5.39. The highest BCUT2D eigenvalue weighted by Gasteiger charge is 2.37. The van der Waals surface area contributed by atoms with Gasteiger partial charge in [-0.1, -0.05) is 12.8 Å². The Morgan fingerprint density at radius 3 is 1.92 bits per heavy atom. The fourth-order valence-electron chi connectivity index (χ4n) is 2.98. The van der Waals surface area contributed by atoms with E-state index in [1.807, 2.05) is 6.92 Å². The molecule has 1 aliphatic carbocycles. The van der Waals surface area contributed by atoms with E-state index < -0.39 is 23.5 Å². The van der Waals surface area contributed by atoms with Crippen molar-refractivity contribution in [2.45, 2.75) is 51.0 Å². The van der Waals surface area contributed by atoms with Crippen molar-refractivity contribution in [3.05, 3.63) is 29.3 Å². The average molecular weight is 384 g/mol. The van der Waals surface area contributed by atoms with Gasteiger partial charge >= 0.3 is 12.4 Å². The lowest BCUT2D eigenvalue weighted by atomic mass is 10.0. The number of alkyl halides is 6. The van der Waals surface area contributed by atoms with E-state index in [1.54, 1.807) is 0 Å². The van der Waals surface area contributed by atoms with Gasteiger partial charge in [0.2, 0.25) is 0 Å². The lowest BCUT2D eigenvalue weighted by Crippen LogP contribution is -2.39. The van der Waals surface area contributed by atoms with Crippen molar-refractivity contribution < 1.29 is 26.3 Å². The number of hydrogen-bond donors (Lipinski definition) is 2. The summed E-state index contributed by atoms with van der Waals surface area (Å²) < 4.78 is 77.1. The average Bonchev–Trinajstić information content (AvgIpc) is 2.99. The molecular formula is C16H18F6N2S. The third-order valence-electron chi connectivity index (χ3n) is 4.31. The number of rotatable bonds is 3. The maximum Gasteiger partial charge on any atom is 0.416 e. The molecule has 0 aliphatic heterocycles. The highest BCUT2D eigenvalue weighted by Crippen LogP contribution is 2.37. The van der Waals surface area contributed by atoms with Crippen LogP contribution in [-0.2, 0) is 12.4 Å². The Kier molecular flexibility index (Phi) is 5.86. The molecule has 0 heterocycles. The molecule has 0 spiro atoms. The first-order valence-corrected chi connectivity index (χ1v) is 8.24. The van der Waals surface area contributed by atoms with Gasteiger partial charge in [-0.25, -0.2) is 0 Å². The molecule has 1 saturated carbocycles. The Morgan fingerprint density at radius 1 is 1.00 bits per heavy atom. The Labute approximate surface area is 147 Å². The van der Waals surface area contributed by atoms with E-state index in [-0.39, 0.29) is 22.9 Å². The van der Waals surface area contributed by atoms with Crippen LogP contribution in [0.15, 0.2) is 18.2 Å². The van der Waals surface area contributed by atoms with Gasteiger partial charge in [-0.15, -0.1) is 0 Å². The Hall–Kier alpha value is -1.51. The molecule has 2 rings (SSSR count). The van der Waals surface area contributed by atoms with Crippen LogP contribution in [0.25, 0.3) is 0 Å². The second-order valence-electron chi connectivity index (χ2n) is 6.23. The summed E-state index contributed by atoms with van der Waals surface area (Å²) >= 11 is 5.04. The number of thiocarbonyl (C=S) groups is 1. The van der Waals surface area contributed by atoms with Gasteiger partial charge in [-0.05, 0) is 56.1 Å². The van der Waals surface area contributed by atoms with E-state index in [2.05, 4.69) is 10.6 Å². The fraction of sp³-hybridized carbons (Fsp3) is 0.562. The lowest BCUT2D eigenvalue weighted by Gasteiger charge is -2.23. The Balaban J connectivity index is 2.15. The number of nitrogens with one attached hydrogen (secondary N) is 2. The van der Waals surface area contributed by atoms with Gasteiger partial charge in [-0.3, -0.25) is 0 Å². The number of halogens is 6. The number of hydrogen-bond acceptors (Lipinski definition) is 1. The third kappa shape index (κ3) is 5.49. The van der Waals surface area contributed by atoms with Crippen LogP contribution in [0.2, 0.25) is 0 Å². The van der Waals surface area contributed by atoms with Crippen LogP contribution in [-0.4, -0.2) is 11.2 Å². The van der Waals surface area contributed by atoms with Crippen LogP contribution >= 0.6 is 12.2 Å². The van der Waals surface area contributed by atoms with E-state index >= 15 is 0 Å². The van der Waals surface area contributed by atoms with E-state index in [0.717, 1.165) is 25.7 Å². The monoisotopic (exact) mass is 384 g/mol. The summed E-state index contributed by atoms with van der Waals surface area (Å²) in [7, 11) is 0. The highest BCUT2D eigenvalue weighted by molar-refractivity contribution is 7.80. The van der Waals surface area contributed by atoms with E-state index in [9.17, 15) is 26.3 Å². The summed E-state index contributed by atoms with van der Waals surface area (Å²) in [6.07, 6.45) is -5.50. The predicted molar refractivity (Wildman–Crippen MR) is 87.2 cm³/mol. The summed E-state index contributed by atoms with van der Waals surface area (Å²) in [5.74, 6) is 0.395. The summed E-state index contributed by atoms with van der Waals surface area (Å²) in [5.41, 5.74) is -3.11. The van der Waals surface area contributed by atoms with Crippen LogP contribution in [0.3, 0.4) is 0 Å². The van der Waals surface area contributed by atoms with E-state index in [4.69, 9.17) is 12.2 Å². The second-order valence-corrected chi connectivity index (χ2v) is 6.63. The largest absolute Gasteiger partial charge is 0.416 e. The Morgan fingerprint density at radius 2 is 1.48 bits per heavy atom. The molecule has 1 fully saturated rings. The van der Waals surface area contributed by atoms with Crippen molar-refractivity contribution in [3.8, 4) is 0 Å². The minimum Gasteiger partial charge on any atom is -0.360 e. The maximum absolute atomic E-state index is 12.8. The van der Waals surface area contributed by atoms with Crippen molar-refractivity contribution in [3.63, 3.8) is 0 Å². The SMILES string of the molecule is C[C@H](NC(=S)Nc1cc(C(F)(F)F)cc(C(F)(F)F)c1)C1CCCC1. The van der Waals surface area contributed by atoms with Crippen molar-refractivity contribution >= 4 is 23.0 Å². The number of benzene rings is 1.